The summed E-state index contributed by atoms with van der Waals surface area (Å²) in [6.45, 7) is 8.48. The lowest BCUT2D eigenvalue weighted by Gasteiger charge is -2.19. The maximum absolute atomic E-state index is 4.15. The first kappa shape index (κ1) is 15.6. The number of fused-ring (bicyclic) bond motifs is 1. The van der Waals surface area contributed by atoms with Crippen LogP contribution in [0.1, 0.15) is 36.0 Å². The largest absolute Gasteiger partial charge is 0.100 e. The molecule has 0 amide bonds. The van der Waals surface area contributed by atoms with E-state index in [-0.39, 0.29) is 0 Å². The monoisotopic (exact) mass is 300 g/mol. The van der Waals surface area contributed by atoms with Crippen molar-refractivity contribution in [2.45, 2.75) is 32.6 Å². The highest BCUT2D eigenvalue weighted by Crippen LogP contribution is 2.30. The van der Waals surface area contributed by atoms with Crippen LogP contribution in [0.25, 0.3) is 10.8 Å². The highest BCUT2D eigenvalue weighted by atomic mass is 14.2. The number of benzene rings is 3. The Hall–Kier alpha value is -2.34. The molecule has 0 N–H and O–H groups in total. The molecule has 1 unspecified atom stereocenters. The average molecular weight is 300 g/mol. The molecule has 0 radical (unpaired) electrons. The lowest BCUT2D eigenvalue weighted by Crippen LogP contribution is -2.05. The van der Waals surface area contributed by atoms with E-state index in [9.17, 15) is 0 Å². The molecule has 23 heavy (non-hydrogen) atoms. The summed E-state index contributed by atoms with van der Waals surface area (Å²) in [7, 11) is 0. The quantitative estimate of drug-likeness (QED) is 0.475. The maximum Gasteiger partial charge on any atom is -0.00842 e. The summed E-state index contributed by atoms with van der Waals surface area (Å²) in [4.78, 5) is 0. The van der Waals surface area contributed by atoms with Crippen molar-refractivity contribution in [3.8, 4) is 0 Å². The summed E-state index contributed by atoms with van der Waals surface area (Å²) in [6.07, 6.45) is 2.10. The zero-order chi connectivity index (χ0) is 16.2. The summed E-state index contributed by atoms with van der Waals surface area (Å²) in [5.74, 6) is 0.484. The smallest absolute Gasteiger partial charge is 0.00842 e. The van der Waals surface area contributed by atoms with Crippen molar-refractivity contribution in [3.05, 3.63) is 95.6 Å². The van der Waals surface area contributed by atoms with Gasteiger partial charge in [0.15, 0.2) is 0 Å². The Morgan fingerprint density at radius 2 is 1.61 bits per heavy atom. The lowest BCUT2D eigenvalue weighted by atomic mass is 9.85. The molecular weight excluding hydrogens is 276 g/mol. The fourth-order valence-corrected chi connectivity index (χ4v) is 3.29. The predicted octanol–water partition coefficient (Wildman–Crippen LogP) is 6.44. The molecule has 3 aromatic rings. The van der Waals surface area contributed by atoms with E-state index in [1.165, 1.54) is 33.0 Å². The molecule has 1 atom stereocenters. The van der Waals surface area contributed by atoms with Crippen LogP contribution >= 0.6 is 0 Å². The first-order chi connectivity index (χ1) is 11.1. The Morgan fingerprint density at radius 1 is 0.913 bits per heavy atom. The molecule has 3 aromatic carbocycles. The fourth-order valence-electron chi connectivity index (χ4n) is 3.29. The van der Waals surface area contributed by atoms with Crippen LogP contribution in [0.3, 0.4) is 0 Å². The van der Waals surface area contributed by atoms with Gasteiger partial charge in [0, 0.05) is 0 Å². The Bertz CT molecular complexity index is 826. The maximum atomic E-state index is 4.15. The van der Waals surface area contributed by atoms with Crippen LogP contribution in [-0.4, -0.2) is 0 Å². The number of rotatable bonds is 5. The first-order valence-electron chi connectivity index (χ1n) is 8.31. The molecule has 116 valence electrons. The third-order valence-electron chi connectivity index (χ3n) is 4.57. The number of hydrogen-bond acceptors (Lipinski definition) is 0. The minimum atomic E-state index is 0.484. The van der Waals surface area contributed by atoms with Crippen molar-refractivity contribution >= 4 is 10.8 Å². The van der Waals surface area contributed by atoms with Gasteiger partial charge >= 0.3 is 0 Å². The van der Waals surface area contributed by atoms with Gasteiger partial charge in [-0.2, -0.15) is 0 Å². The third kappa shape index (κ3) is 3.71. The summed E-state index contributed by atoms with van der Waals surface area (Å²) in [5, 5.41) is 2.63. The van der Waals surface area contributed by atoms with Gasteiger partial charge in [-0.25, -0.2) is 0 Å². The van der Waals surface area contributed by atoms with Gasteiger partial charge in [0.25, 0.3) is 0 Å². The van der Waals surface area contributed by atoms with E-state index >= 15 is 0 Å². The Kier molecular flexibility index (Phi) is 4.62. The van der Waals surface area contributed by atoms with Crippen LogP contribution in [0, 0.1) is 6.92 Å². The van der Waals surface area contributed by atoms with Crippen molar-refractivity contribution < 1.29 is 0 Å². The molecule has 0 aromatic heterocycles. The van der Waals surface area contributed by atoms with Crippen LogP contribution in [0.2, 0.25) is 0 Å². The molecule has 0 aliphatic rings. The van der Waals surface area contributed by atoms with Crippen molar-refractivity contribution in [1.82, 2.24) is 0 Å². The second kappa shape index (κ2) is 6.83. The molecule has 0 spiro atoms. The summed E-state index contributed by atoms with van der Waals surface area (Å²) < 4.78 is 0. The number of allylic oxidation sites excluding steroid dienone is 1. The fraction of sp³-hybridized carbons (Fsp3) is 0.217. The SMILES string of the molecule is C=C(C)CC(Cc1ccccc1C)c1ccc2ccccc2c1. The van der Waals surface area contributed by atoms with E-state index < -0.39 is 0 Å². The van der Waals surface area contributed by atoms with Crippen molar-refractivity contribution in [3.63, 3.8) is 0 Å². The Morgan fingerprint density at radius 3 is 2.35 bits per heavy atom. The molecule has 0 aliphatic heterocycles. The van der Waals surface area contributed by atoms with Gasteiger partial charge in [-0.1, -0.05) is 72.3 Å². The van der Waals surface area contributed by atoms with Crippen LogP contribution in [-0.2, 0) is 6.42 Å². The van der Waals surface area contributed by atoms with Crippen LogP contribution in [0.5, 0.6) is 0 Å². The van der Waals surface area contributed by atoms with Gasteiger partial charge in [0.05, 0.1) is 0 Å². The molecule has 0 aliphatic carbocycles. The van der Waals surface area contributed by atoms with Gasteiger partial charge in [-0.15, -0.1) is 6.58 Å². The van der Waals surface area contributed by atoms with E-state index in [4.69, 9.17) is 0 Å². The molecular formula is C23H24. The second-order valence-corrected chi connectivity index (χ2v) is 6.60. The van der Waals surface area contributed by atoms with Gasteiger partial charge in [-0.3, -0.25) is 0 Å². The topological polar surface area (TPSA) is 0 Å². The molecule has 0 nitrogen and oxygen atoms in total. The van der Waals surface area contributed by atoms with E-state index in [1.54, 1.807) is 0 Å². The summed E-state index contributed by atoms with van der Waals surface area (Å²) >= 11 is 0. The van der Waals surface area contributed by atoms with Crippen LogP contribution in [0.4, 0.5) is 0 Å². The molecule has 0 saturated heterocycles. The molecule has 0 heterocycles. The van der Waals surface area contributed by atoms with Gasteiger partial charge in [-0.05, 0) is 60.1 Å². The molecule has 0 heteroatoms. The van der Waals surface area contributed by atoms with E-state index in [1.807, 2.05) is 0 Å². The lowest BCUT2D eigenvalue weighted by molar-refractivity contribution is 0.675. The van der Waals surface area contributed by atoms with Gasteiger partial charge in [0.1, 0.15) is 0 Å². The molecule has 3 rings (SSSR count). The van der Waals surface area contributed by atoms with Crippen molar-refractivity contribution in [2.75, 3.05) is 0 Å². The number of hydrogen-bond donors (Lipinski definition) is 0. The zero-order valence-corrected chi connectivity index (χ0v) is 14.0. The van der Waals surface area contributed by atoms with Gasteiger partial charge in [0.2, 0.25) is 0 Å². The third-order valence-corrected chi connectivity index (χ3v) is 4.57. The Balaban J connectivity index is 1.97. The van der Waals surface area contributed by atoms with E-state index in [0.717, 1.165) is 12.8 Å². The Labute approximate surface area is 139 Å². The standard InChI is InChI=1S/C23H24/c1-17(2)14-23(15-20-10-5-4-8-18(20)3)22-13-12-19-9-6-7-11-21(19)16-22/h4-13,16,23H,1,14-15H2,2-3H3. The second-order valence-electron chi connectivity index (χ2n) is 6.60. The van der Waals surface area contributed by atoms with Gasteiger partial charge < -0.3 is 0 Å². The van der Waals surface area contributed by atoms with Crippen molar-refractivity contribution in [1.29, 1.82) is 0 Å². The van der Waals surface area contributed by atoms with Crippen LogP contribution in [0.15, 0.2) is 78.9 Å². The zero-order valence-electron chi connectivity index (χ0n) is 14.0. The van der Waals surface area contributed by atoms with Crippen LogP contribution < -0.4 is 0 Å². The van der Waals surface area contributed by atoms with E-state index in [0.29, 0.717) is 5.92 Å². The predicted molar refractivity (Wildman–Crippen MR) is 101 cm³/mol. The molecule has 0 bridgehead atoms. The minimum absolute atomic E-state index is 0.484. The highest BCUT2D eigenvalue weighted by molar-refractivity contribution is 5.83. The normalized spacial score (nSPS) is 12.3. The number of aryl methyl sites for hydroxylation is 1. The summed E-state index contributed by atoms with van der Waals surface area (Å²) in [6, 6.07) is 24.2. The average Bonchev–Trinajstić information content (AvgIpc) is 2.55. The molecule has 0 saturated carbocycles. The highest BCUT2D eigenvalue weighted by Gasteiger charge is 2.14. The summed E-state index contributed by atoms with van der Waals surface area (Å²) in [5.41, 5.74) is 5.47. The minimum Gasteiger partial charge on any atom is -0.100 e. The molecule has 0 fully saturated rings. The van der Waals surface area contributed by atoms with E-state index in [2.05, 4.69) is 87.2 Å². The van der Waals surface area contributed by atoms with Crippen molar-refractivity contribution in [2.24, 2.45) is 0 Å². The first-order valence-corrected chi connectivity index (χ1v) is 8.31.